The van der Waals surface area contributed by atoms with Crippen LogP contribution in [-0.4, -0.2) is 4.57 Å². The van der Waals surface area contributed by atoms with Crippen LogP contribution in [-0.2, 0) is 0 Å². The van der Waals surface area contributed by atoms with Crippen LogP contribution in [0, 0.1) is 0 Å². The van der Waals surface area contributed by atoms with Crippen molar-refractivity contribution >= 4 is 54.1 Å². The van der Waals surface area contributed by atoms with Crippen molar-refractivity contribution in [3.05, 3.63) is 224 Å². The molecular formula is C60H37N. The number of para-hydroxylation sites is 1. The van der Waals surface area contributed by atoms with Gasteiger partial charge in [-0.25, -0.2) is 0 Å². The van der Waals surface area contributed by atoms with Crippen molar-refractivity contribution in [1.29, 1.82) is 0 Å². The van der Waals surface area contributed by atoms with Gasteiger partial charge in [-0.3, -0.25) is 0 Å². The molecule has 1 aliphatic rings. The standard InChI is InChI=1S/C60H37N/c1-2-14-42(15-3-1)61-59-32-28-40(38-26-30-53-49-22-8-6-18-45(49)43-16-4-5-17-44(43)47-20-10-12-24-51(47)55(53)34-38)36-57(59)58-37-41(29-33-60(58)61)39-27-31-54-50-23-9-7-19-46(50)48-21-11-13-25-52(48)56(54)35-39/h1-37H. The molecule has 13 rings (SSSR count). The zero-order valence-electron chi connectivity index (χ0n) is 33.3. The molecular weight excluding hydrogens is 735 g/mol. The topological polar surface area (TPSA) is 4.93 Å². The van der Waals surface area contributed by atoms with E-state index in [2.05, 4.69) is 229 Å². The second kappa shape index (κ2) is 13.3. The third-order valence-corrected chi connectivity index (χ3v) is 13.2. The summed E-state index contributed by atoms with van der Waals surface area (Å²) in [7, 11) is 0. The summed E-state index contributed by atoms with van der Waals surface area (Å²) < 4.78 is 2.42. The Balaban J connectivity index is 1.02. The maximum Gasteiger partial charge on any atom is 0.0541 e. The van der Waals surface area contributed by atoms with Gasteiger partial charge in [0, 0.05) is 16.5 Å². The highest BCUT2D eigenvalue weighted by molar-refractivity contribution is 6.26. The summed E-state index contributed by atoms with van der Waals surface area (Å²) in [4.78, 5) is 0. The zero-order chi connectivity index (χ0) is 40.0. The number of benzene rings is 11. The quantitative estimate of drug-likeness (QED) is 0.158. The number of fused-ring (bicyclic) bond motifs is 17. The first kappa shape index (κ1) is 33.9. The summed E-state index contributed by atoms with van der Waals surface area (Å²) in [5.74, 6) is 0. The lowest BCUT2D eigenvalue weighted by Gasteiger charge is -2.23. The first-order valence-electron chi connectivity index (χ1n) is 21.2. The van der Waals surface area contributed by atoms with Crippen LogP contribution in [0.5, 0.6) is 0 Å². The molecule has 282 valence electrons. The predicted octanol–water partition coefficient (Wildman–Crippen LogP) is 16.6. The largest absolute Gasteiger partial charge is 0.309 e. The highest BCUT2D eigenvalue weighted by atomic mass is 15.0. The molecule has 1 heterocycles. The molecule has 0 atom stereocenters. The lowest BCUT2D eigenvalue weighted by atomic mass is 9.80. The minimum atomic E-state index is 1.16. The molecule has 1 heteroatoms. The Hall–Kier alpha value is -8.00. The smallest absolute Gasteiger partial charge is 0.0541 e. The van der Waals surface area contributed by atoms with Crippen molar-refractivity contribution in [2.24, 2.45) is 0 Å². The molecule has 0 aliphatic heterocycles. The predicted molar refractivity (Wildman–Crippen MR) is 259 cm³/mol. The van der Waals surface area contributed by atoms with Crippen molar-refractivity contribution < 1.29 is 0 Å². The summed E-state index contributed by atoms with van der Waals surface area (Å²) in [6.07, 6.45) is 0. The Labute approximate surface area is 354 Å². The van der Waals surface area contributed by atoms with E-state index < -0.39 is 0 Å². The Bertz CT molecular complexity index is 3710. The van der Waals surface area contributed by atoms with E-state index in [1.54, 1.807) is 0 Å². The van der Waals surface area contributed by atoms with Crippen LogP contribution in [0.3, 0.4) is 0 Å². The van der Waals surface area contributed by atoms with Gasteiger partial charge in [0.1, 0.15) is 0 Å². The van der Waals surface area contributed by atoms with E-state index in [-0.39, 0.29) is 0 Å². The Morgan fingerprint density at radius 3 is 1.02 bits per heavy atom. The van der Waals surface area contributed by atoms with Gasteiger partial charge in [0.05, 0.1) is 11.0 Å². The second-order valence-electron chi connectivity index (χ2n) is 16.4. The van der Waals surface area contributed by atoms with Crippen molar-refractivity contribution in [3.63, 3.8) is 0 Å². The van der Waals surface area contributed by atoms with E-state index in [9.17, 15) is 0 Å². The van der Waals surface area contributed by atoms with Crippen molar-refractivity contribution in [1.82, 2.24) is 4.57 Å². The van der Waals surface area contributed by atoms with Crippen LogP contribution >= 0.6 is 0 Å². The average molecular weight is 772 g/mol. The average Bonchev–Trinajstić information content (AvgIpc) is 3.66. The molecule has 1 nitrogen and oxygen atoms in total. The van der Waals surface area contributed by atoms with Gasteiger partial charge in [-0.15, -0.1) is 0 Å². The number of aromatic nitrogens is 1. The third-order valence-electron chi connectivity index (χ3n) is 13.2. The van der Waals surface area contributed by atoms with E-state index in [4.69, 9.17) is 0 Å². The lowest BCUT2D eigenvalue weighted by molar-refractivity contribution is 1.18. The van der Waals surface area contributed by atoms with Gasteiger partial charge < -0.3 is 4.57 Å². The Kier molecular flexibility index (Phi) is 7.37. The maximum absolute atomic E-state index is 2.42. The minimum Gasteiger partial charge on any atom is -0.309 e. The lowest BCUT2D eigenvalue weighted by Crippen LogP contribution is -1.97. The zero-order valence-corrected chi connectivity index (χ0v) is 33.3. The van der Waals surface area contributed by atoms with Crippen molar-refractivity contribution in [2.75, 3.05) is 0 Å². The van der Waals surface area contributed by atoms with E-state index in [1.165, 1.54) is 121 Å². The number of hydrogen-bond acceptors (Lipinski definition) is 0. The summed E-state index contributed by atoms with van der Waals surface area (Å²) >= 11 is 0. The molecule has 0 radical (unpaired) electrons. The van der Waals surface area contributed by atoms with Gasteiger partial charge in [0.2, 0.25) is 0 Å². The fraction of sp³-hybridized carbons (Fsp3) is 0. The maximum atomic E-state index is 2.42. The summed E-state index contributed by atoms with van der Waals surface area (Å²) in [6.45, 7) is 0. The molecule has 0 bridgehead atoms. The van der Waals surface area contributed by atoms with Gasteiger partial charge in [0.15, 0.2) is 0 Å². The van der Waals surface area contributed by atoms with E-state index in [1.807, 2.05) is 0 Å². The molecule has 0 spiro atoms. The Morgan fingerprint density at radius 2 is 0.525 bits per heavy atom. The molecule has 11 aromatic carbocycles. The molecule has 1 aliphatic carbocycles. The summed E-state index contributed by atoms with van der Waals surface area (Å²) in [5.41, 5.74) is 18.4. The molecule has 0 saturated carbocycles. The Morgan fingerprint density at radius 1 is 0.197 bits per heavy atom. The minimum absolute atomic E-state index is 1.16. The van der Waals surface area contributed by atoms with Crippen molar-refractivity contribution in [3.8, 4) is 72.4 Å². The van der Waals surface area contributed by atoms with Crippen LogP contribution in [0.4, 0.5) is 0 Å². The highest BCUT2D eigenvalue weighted by Crippen LogP contribution is 2.49. The van der Waals surface area contributed by atoms with Crippen LogP contribution in [0.2, 0.25) is 0 Å². The SMILES string of the molecule is c1ccc(-n2c3ccc(-c4ccc5c(c4)-c4ccccc4-c4ccccc4-c4ccccc4-5)cc3c3cc(-c4ccc5c6ccccc6c6ccccc6c5c4)ccc32)cc1. The fourth-order valence-electron chi connectivity index (χ4n) is 10.4. The first-order valence-corrected chi connectivity index (χ1v) is 21.2. The number of rotatable bonds is 3. The van der Waals surface area contributed by atoms with Gasteiger partial charge in [-0.1, -0.05) is 176 Å². The van der Waals surface area contributed by atoms with Crippen LogP contribution in [0.1, 0.15) is 0 Å². The molecule has 12 aromatic rings. The van der Waals surface area contributed by atoms with Gasteiger partial charge in [0.25, 0.3) is 0 Å². The molecule has 0 amide bonds. The van der Waals surface area contributed by atoms with Gasteiger partial charge in [-0.2, -0.15) is 0 Å². The first-order chi connectivity index (χ1) is 30.3. The van der Waals surface area contributed by atoms with E-state index >= 15 is 0 Å². The summed E-state index contributed by atoms with van der Waals surface area (Å²) in [5, 5.41) is 10.2. The fourth-order valence-corrected chi connectivity index (χ4v) is 10.4. The van der Waals surface area contributed by atoms with Crippen LogP contribution < -0.4 is 0 Å². The third kappa shape index (κ3) is 5.14. The molecule has 1 aromatic heterocycles. The number of nitrogens with zero attached hydrogens (tertiary/aromatic N) is 1. The van der Waals surface area contributed by atoms with Gasteiger partial charge in [-0.05, 0) is 148 Å². The van der Waals surface area contributed by atoms with Crippen molar-refractivity contribution in [2.45, 2.75) is 0 Å². The van der Waals surface area contributed by atoms with Crippen LogP contribution in [0.15, 0.2) is 224 Å². The molecule has 0 N–H and O–H groups in total. The van der Waals surface area contributed by atoms with Crippen LogP contribution in [0.25, 0.3) is 127 Å². The molecule has 0 unspecified atom stereocenters. The molecule has 0 saturated heterocycles. The monoisotopic (exact) mass is 771 g/mol. The number of hydrogen-bond donors (Lipinski definition) is 0. The second-order valence-corrected chi connectivity index (χ2v) is 16.4. The highest BCUT2D eigenvalue weighted by Gasteiger charge is 2.23. The summed E-state index contributed by atoms with van der Waals surface area (Å²) in [6, 6.07) is 83.2. The molecule has 0 fully saturated rings. The molecule has 61 heavy (non-hydrogen) atoms. The van der Waals surface area contributed by atoms with E-state index in [0.717, 1.165) is 5.69 Å². The normalized spacial score (nSPS) is 11.9. The van der Waals surface area contributed by atoms with E-state index in [0.29, 0.717) is 0 Å². The van der Waals surface area contributed by atoms with Gasteiger partial charge >= 0.3 is 0 Å².